The van der Waals surface area contributed by atoms with Crippen LogP contribution in [-0.2, 0) is 9.59 Å². The van der Waals surface area contributed by atoms with Gasteiger partial charge in [-0.2, -0.15) is 0 Å². The summed E-state index contributed by atoms with van der Waals surface area (Å²) in [5.41, 5.74) is 0. The highest BCUT2D eigenvalue weighted by molar-refractivity contribution is 5.81. The van der Waals surface area contributed by atoms with Gasteiger partial charge in [-0.15, -0.1) is 0 Å². The van der Waals surface area contributed by atoms with Crippen molar-refractivity contribution in [3.05, 3.63) is 0 Å². The van der Waals surface area contributed by atoms with Gasteiger partial charge in [0.15, 0.2) is 0 Å². The van der Waals surface area contributed by atoms with Crippen molar-refractivity contribution in [3.8, 4) is 0 Å². The summed E-state index contributed by atoms with van der Waals surface area (Å²) in [6.07, 6.45) is 5.66. The lowest BCUT2D eigenvalue weighted by atomic mass is 9.96. The number of hydrogen-bond donors (Lipinski definition) is 2. The zero-order valence-electron chi connectivity index (χ0n) is 12.5. The zero-order chi connectivity index (χ0) is 14.4. The number of amides is 2. The molecule has 2 aliphatic rings. The van der Waals surface area contributed by atoms with E-state index < -0.39 is 0 Å². The minimum absolute atomic E-state index is 0.0223. The van der Waals surface area contributed by atoms with Crippen molar-refractivity contribution in [1.29, 1.82) is 0 Å². The fourth-order valence-corrected chi connectivity index (χ4v) is 3.09. The normalized spacial score (nSPS) is 26.6. The number of likely N-dealkylation sites (tertiary alicyclic amines) is 1. The number of nitrogens with one attached hydrogen (secondary N) is 2. The molecule has 2 atom stereocenters. The fraction of sp³-hybridized carbons (Fsp3) is 0.867. The fourth-order valence-electron chi connectivity index (χ4n) is 3.09. The van der Waals surface area contributed by atoms with Gasteiger partial charge in [0.1, 0.15) is 0 Å². The molecule has 0 bridgehead atoms. The van der Waals surface area contributed by atoms with Crippen molar-refractivity contribution in [1.82, 2.24) is 15.5 Å². The number of carbonyl (C=O) groups excluding carboxylic acids is 2. The van der Waals surface area contributed by atoms with E-state index in [0.717, 1.165) is 45.3 Å². The monoisotopic (exact) mass is 281 g/mol. The van der Waals surface area contributed by atoms with Crippen molar-refractivity contribution in [3.63, 3.8) is 0 Å². The lowest BCUT2D eigenvalue weighted by Gasteiger charge is -2.32. The Bertz CT molecular complexity index is 340. The second-order valence-electron chi connectivity index (χ2n) is 5.97. The average molecular weight is 281 g/mol. The van der Waals surface area contributed by atoms with Gasteiger partial charge in [0.25, 0.3) is 0 Å². The highest BCUT2D eigenvalue weighted by atomic mass is 16.2. The van der Waals surface area contributed by atoms with E-state index >= 15 is 0 Å². The molecule has 0 saturated carbocycles. The largest absolute Gasteiger partial charge is 0.354 e. The summed E-state index contributed by atoms with van der Waals surface area (Å²) in [5, 5.41) is 6.43. The van der Waals surface area contributed by atoms with Crippen LogP contribution in [0.5, 0.6) is 0 Å². The number of piperidine rings is 1. The minimum Gasteiger partial charge on any atom is -0.354 e. The molecule has 5 heteroatoms. The highest BCUT2D eigenvalue weighted by Gasteiger charge is 2.28. The number of hydrogen-bond acceptors (Lipinski definition) is 3. The Kier molecular flexibility index (Phi) is 5.83. The SMILES string of the molecule is CCCC(=O)N1CCCC(C(=O)NCC2CCCN2)C1. The molecule has 0 aromatic carbocycles. The van der Waals surface area contributed by atoms with E-state index in [2.05, 4.69) is 10.6 Å². The van der Waals surface area contributed by atoms with Crippen LogP contribution in [0.4, 0.5) is 0 Å². The van der Waals surface area contributed by atoms with Gasteiger partial charge in [-0.25, -0.2) is 0 Å². The standard InChI is InChI=1S/C15H27N3O2/c1-2-5-14(19)18-9-4-6-12(11-18)15(20)17-10-13-7-3-8-16-13/h12-13,16H,2-11H2,1H3,(H,17,20). The van der Waals surface area contributed by atoms with Crippen LogP contribution in [0, 0.1) is 5.92 Å². The summed E-state index contributed by atoms with van der Waals surface area (Å²) < 4.78 is 0. The lowest BCUT2D eigenvalue weighted by molar-refractivity contribution is -0.135. The van der Waals surface area contributed by atoms with E-state index in [4.69, 9.17) is 0 Å². The molecule has 2 aliphatic heterocycles. The third kappa shape index (κ3) is 4.20. The molecule has 0 aromatic heterocycles. The van der Waals surface area contributed by atoms with Crippen LogP contribution in [0.3, 0.4) is 0 Å². The molecule has 2 fully saturated rings. The van der Waals surface area contributed by atoms with E-state index in [1.807, 2.05) is 11.8 Å². The predicted molar refractivity (Wildman–Crippen MR) is 78.2 cm³/mol. The smallest absolute Gasteiger partial charge is 0.224 e. The Hall–Kier alpha value is -1.10. The molecule has 2 rings (SSSR count). The molecular formula is C15H27N3O2. The van der Waals surface area contributed by atoms with Gasteiger partial charge in [-0.1, -0.05) is 6.92 Å². The first-order chi connectivity index (χ1) is 9.70. The van der Waals surface area contributed by atoms with Crippen molar-refractivity contribution >= 4 is 11.8 Å². The Morgan fingerprint density at radius 2 is 2.15 bits per heavy atom. The van der Waals surface area contributed by atoms with Crippen molar-refractivity contribution in [2.45, 2.75) is 51.5 Å². The molecular weight excluding hydrogens is 254 g/mol. The third-order valence-electron chi connectivity index (χ3n) is 4.29. The summed E-state index contributed by atoms with van der Waals surface area (Å²) in [6.45, 7) is 5.21. The minimum atomic E-state index is -0.0223. The van der Waals surface area contributed by atoms with Crippen LogP contribution in [0.25, 0.3) is 0 Å². The third-order valence-corrected chi connectivity index (χ3v) is 4.29. The Balaban J connectivity index is 1.75. The molecule has 5 nitrogen and oxygen atoms in total. The average Bonchev–Trinajstić information content (AvgIpc) is 2.98. The topological polar surface area (TPSA) is 61.4 Å². The molecule has 0 aliphatic carbocycles. The molecule has 2 saturated heterocycles. The summed E-state index contributed by atoms with van der Waals surface area (Å²) in [5.74, 6) is 0.293. The quantitative estimate of drug-likeness (QED) is 0.787. The van der Waals surface area contributed by atoms with Crippen LogP contribution >= 0.6 is 0 Å². The Labute approximate surface area is 121 Å². The second-order valence-corrected chi connectivity index (χ2v) is 5.97. The zero-order valence-corrected chi connectivity index (χ0v) is 12.5. The number of nitrogens with zero attached hydrogens (tertiary/aromatic N) is 1. The lowest BCUT2D eigenvalue weighted by Crippen LogP contribution is -2.47. The highest BCUT2D eigenvalue weighted by Crippen LogP contribution is 2.18. The summed E-state index contributed by atoms with van der Waals surface area (Å²) in [4.78, 5) is 26.0. The maximum atomic E-state index is 12.2. The molecule has 114 valence electrons. The van der Waals surface area contributed by atoms with Crippen molar-refractivity contribution < 1.29 is 9.59 Å². The summed E-state index contributed by atoms with van der Waals surface area (Å²) in [6, 6.07) is 0.431. The van der Waals surface area contributed by atoms with Gasteiger partial charge in [-0.3, -0.25) is 9.59 Å². The van der Waals surface area contributed by atoms with E-state index in [1.165, 1.54) is 6.42 Å². The van der Waals surface area contributed by atoms with Gasteiger partial charge < -0.3 is 15.5 Å². The van der Waals surface area contributed by atoms with Crippen LogP contribution < -0.4 is 10.6 Å². The first kappa shape index (κ1) is 15.3. The van der Waals surface area contributed by atoms with E-state index in [1.54, 1.807) is 0 Å². The van der Waals surface area contributed by atoms with E-state index in [0.29, 0.717) is 19.0 Å². The number of rotatable bonds is 5. The molecule has 20 heavy (non-hydrogen) atoms. The number of carbonyl (C=O) groups is 2. The van der Waals surface area contributed by atoms with Crippen LogP contribution in [0.2, 0.25) is 0 Å². The van der Waals surface area contributed by atoms with Crippen molar-refractivity contribution in [2.24, 2.45) is 5.92 Å². The van der Waals surface area contributed by atoms with Gasteiger partial charge in [-0.05, 0) is 38.6 Å². The molecule has 0 aromatic rings. The van der Waals surface area contributed by atoms with E-state index in [9.17, 15) is 9.59 Å². The van der Waals surface area contributed by atoms with Crippen molar-refractivity contribution in [2.75, 3.05) is 26.2 Å². The Morgan fingerprint density at radius 3 is 2.85 bits per heavy atom. The van der Waals surface area contributed by atoms with Gasteiger partial charge in [0.2, 0.25) is 11.8 Å². The molecule has 0 spiro atoms. The molecule has 2 N–H and O–H groups in total. The van der Waals surface area contributed by atoms with Crippen LogP contribution in [0.1, 0.15) is 45.4 Å². The second kappa shape index (κ2) is 7.62. The summed E-state index contributed by atoms with van der Waals surface area (Å²) >= 11 is 0. The van der Waals surface area contributed by atoms with Gasteiger partial charge in [0.05, 0.1) is 5.92 Å². The molecule has 2 heterocycles. The summed E-state index contributed by atoms with van der Waals surface area (Å²) in [7, 11) is 0. The maximum absolute atomic E-state index is 12.2. The van der Waals surface area contributed by atoms with Gasteiger partial charge >= 0.3 is 0 Å². The van der Waals surface area contributed by atoms with E-state index in [-0.39, 0.29) is 17.7 Å². The molecule has 2 unspecified atom stereocenters. The predicted octanol–water partition coefficient (Wildman–Crippen LogP) is 0.893. The molecule has 2 amide bonds. The molecule has 0 radical (unpaired) electrons. The maximum Gasteiger partial charge on any atom is 0.224 e. The van der Waals surface area contributed by atoms with Gasteiger partial charge in [0, 0.05) is 32.1 Å². The first-order valence-electron chi connectivity index (χ1n) is 7.99. The van der Waals surface area contributed by atoms with Crippen LogP contribution in [0.15, 0.2) is 0 Å². The first-order valence-corrected chi connectivity index (χ1v) is 7.99. The van der Waals surface area contributed by atoms with Crippen LogP contribution in [-0.4, -0.2) is 48.9 Å². The Morgan fingerprint density at radius 1 is 1.30 bits per heavy atom.